The zero-order valence-corrected chi connectivity index (χ0v) is 13.7. The summed E-state index contributed by atoms with van der Waals surface area (Å²) in [6.45, 7) is 8.24. The summed E-state index contributed by atoms with van der Waals surface area (Å²) in [6.07, 6.45) is 0. The number of aryl methyl sites for hydroxylation is 1. The molecular formula is C13H23N5O2S. The lowest BCUT2D eigenvalue weighted by molar-refractivity contribution is -0.126. The van der Waals surface area contributed by atoms with Gasteiger partial charge in [-0.3, -0.25) is 9.59 Å². The summed E-state index contributed by atoms with van der Waals surface area (Å²) in [6, 6.07) is -0.443. The van der Waals surface area contributed by atoms with Crippen molar-refractivity contribution in [3.8, 4) is 0 Å². The Labute approximate surface area is 129 Å². The fraction of sp³-hybridized carbons (Fsp3) is 0.692. The zero-order chi connectivity index (χ0) is 16.0. The average Bonchev–Trinajstić information content (AvgIpc) is 2.75. The molecule has 0 bridgehead atoms. The molecule has 0 saturated heterocycles. The fourth-order valence-electron chi connectivity index (χ4n) is 1.94. The molecule has 1 aromatic heterocycles. The minimum atomic E-state index is -0.443. The highest BCUT2D eigenvalue weighted by Crippen LogP contribution is 2.16. The predicted octanol–water partition coefficient (Wildman–Crippen LogP) is 0.367. The minimum absolute atomic E-state index is 0.0366. The van der Waals surface area contributed by atoms with E-state index in [1.54, 1.807) is 0 Å². The molecule has 1 heterocycles. The molecule has 7 nitrogen and oxygen atoms in total. The van der Waals surface area contributed by atoms with Gasteiger partial charge in [-0.1, -0.05) is 25.6 Å². The summed E-state index contributed by atoms with van der Waals surface area (Å²) >= 11 is 1.29. The zero-order valence-electron chi connectivity index (χ0n) is 12.9. The normalized spacial score (nSPS) is 12.5. The van der Waals surface area contributed by atoms with Crippen LogP contribution in [0.15, 0.2) is 5.16 Å². The van der Waals surface area contributed by atoms with E-state index in [1.807, 2.05) is 25.3 Å². The molecule has 0 aliphatic carbocycles. The van der Waals surface area contributed by atoms with Gasteiger partial charge < -0.3 is 15.6 Å². The third-order valence-electron chi connectivity index (χ3n) is 3.01. The number of nitrogens with one attached hydrogen (secondary N) is 1. The Bertz CT molecular complexity index is 501. The van der Waals surface area contributed by atoms with Crippen LogP contribution in [0, 0.1) is 12.8 Å². The van der Waals surface area contributed by atoms with Gasteiger partial charge in [0.05, 0.1) is 11.8 Å². The first kappa shape index (κ1) is 17.6. The number of ketones is 1. The SMILES string of the molecule is CC(=O)C(NC(=O)CSc1nnc(C)n1CCN)C(C)C. The lowest BCUT2D eigenvalue weighted by Crippen LogP contribution is -2.44. The second-order valence-electron chi connectivity index (χ2n) is 5.16. The Morgan fingerprint density at radius 3 is 2.57 bits per heavy atom. The van der Waals surface area contributed by atoms with Crippen molar-refractivity contribution in [2.45, 2.75) is 45.4 Å². The first-order valence-corrected chi connectivity index (χ1v) is 7.87. The van der Waals surface area contributed by atoms with E-state index in [-0.39, 0.29) is 23.4 Å². The summed E-state index contributed by atoms with van der Waals surface area (Å²) in [5, 5.41) is 11.4. The van der Waals surface area contributed by atoms with E-state index < -0.39 is 6.04 Å². The molecule has 21 heavy (non-hydrogen) atoms. The quantitative estimate of drug-likeness (QED) is 0.672. The molecule has 0 saturated carbocycles. The number of thioether (sulfide) groups is 1. The van der Waals surface area contributed by atoms with Crippen LogP contribution in [0.25, 0.3) is 0 Å². The summed E-state index contributed by atoms with van der Waals surface area (Å²) in [5.74, 6) is 0.810. The second kappa shape index (κ2) is 8.14. The maximum absolute atomic E-state index is 11.9. The van der Waals surface area contributed by atoms with Crippen LogP contribution < -0.4 is 11.1 Å². The number of Topliss-reactive ketones (excluding diaryl/α,β-unsaturated/α-hetero) is 1. The molecule has 1 unspecified atom stereocenters. The van der Waals surface area contributed by atoms with Crippen LogP contribution in [0.4, 0.5) is 0 Å². The van der Waals surface area contributed by atoms with Crippen LogP contribution in [-0.4, -0.2) is 44.8 Å². The predicted molar refractivity (Wildman–Crippen MR) is 82.0 cm³/mol. The van der Waals surface area contributed by atoms with Gasteiger partial charge in [-0.05, 0) is 19.8 Å². The van der Waals surface area contributed by atoms with Gasteiger partial charge in [0.1, 0.15) is 5.82 Å². The van der Waals surface area contributed by atoms with Crippen molar-refractivity contribution in [2.24, 2.45) is 11.7 Å². The second-order valence-corrected chi connectivity index (χ2v) is 6.10. The molecule has 0 aromatic carbocycles. The number of hydrogen-bond acceptors (Lipinski definition) is 6. The number of rotatable bonds is 8. The van der Waals surface area contributed by atoms with Crippen molar-refractivity contribution in [3.63, 3.8) is 0 Å². The van der Waals surface area contributed by atoms with E-state index in [0.29, 0.717) is 18.2 Å². The largest absolute Gasteiger partial charge is 0.345 e. The molecule has 0 fully saturated rings. The topological polar surface area (TPSA) is 103 Å². The molecule has 1 aromatic rings. The molecule has 118 valence electrons. The molecule has 0 aliphatic heterocycles. The molecule has 3 N–H and O–H groups in total. The number of nitrogens with zero attached hydrogens (tertiary/aromatic N) is 3. The number of nitrogens with two attached hydrogens (primary N) is 1. The van der Waals surface area contributed by atoms with Crippen molar-refractivity contribution >= 4 is 23.5 Å². The van der Waals surface area contributed by atoms with Crippen molar-refractivity contribution in [1.29, 1.82) is 0 Å². The molecule has 0 spiro atoms. The van der Waals surface area contributed by atoms with Gasteiger partial charge in [0.25, 0.3) is 0 Å². The van der Waals surface area contributed by atoms with Gasteiger partial charge in [0.2, 0.25) is 5.91 Å². The Morgan fingerprint density at radius 1 is 1.38 bits per heavy atom. The highest BCUT2D eigenvalue weighted by atomic mass is 32.2. The first-order chi connectivity index (χ1) is 9.86. The summed E-state index contributed by atoms with van der Waals surface area (Å²) in [7, 11) is 0. The van der Waals surface area contributed by atoms with Crippen molar-refractivity contribution in [3.05, 3.63) is 5.82 Å². The van der Waals surface area contributed by atoms with Crippen LogP contribution in [-0.2, 0) is 16.1 Å². The summed E-state index contributed by atoms with van der Waals surface area (Å²) < 4.78 is 1.88. The lowest BCUT2D eigenvalue weighted by atomic mass is 10.0. The van der Waals surface area contributed by atoms with Crippen molar-refractivity contribution in [1.82, 2.24) is 20.1 Å². The Kier molecular flexibility index (Phi) is 6.83. The van der Waals surface area contributed by atoms with E-state index in [9.17, 15) is 9.59 Å². The molecule has 8 heteroatoms. The molecular weight excluding hydrogens is 290 g/mol. The summed E-state index contributed by atoms with van der Waals surface area (Å²) in [5.41, 5.74) is 5.54. The third-order valence-corrected chi connectivity index (χ3v) is 3.97. The van der Waals surface area contributed by atoms with Gasteiger partial charge in [0.15, 0.2) is 10.9 Å². The van der Waals surface area contributed by atoms with E-state index in [1.165, 1.54) is 18.7 Å². The highest BCUT2D eigenvalue weighted by molar-refractivity contribution is 7.99. The lowest BCUT2D eigenvalue weighted by Gasteiger charge is -2.19. The molecule has 1 amide bonds. The number of amides is 1. The van der Waals surface area contributed by atoms with Crippen LogP contribution in [0.2, 0.25) is 0 Å². The van der Waals surface area contributed by atoms with Crippen molar-refractivity contribution in [2.75, 3.05) is 12.3 Å². The standard InChI is InChI=1S/C13H23N5O2S/c1-8(2)12(9(3)19)15-11(20)7-21-13-17-16-10(4)18(13)6-5-14/h8,12H,5-7,14H2,1-4H3,(H,15,20). The van der Waals surface area contributed by atoms with Gasteiger partial charge >= 0.3 is 0 Å². The van der Waals surface area contributed by atoms with E-state index in [2.05, 4.69) is 15.5 Å². The molecule has 0 radical (unpaired) electrons. The van der Waals surface area contributed by atoms with E-state index in [4.69, 9.17) is 5.73 Å². The van der Waals surface area contributed by atoms with Gasteiger partial charge in [-0.25, -0.2) is 0 Å². The molecule has 0 aliphatic rings. The maximum Gasteiger partial charge on any atom is 0.231 e. The minimum Gasteiger partial charge on any atom is -0.345 e. The number of carbonyl (C=O) groups is 2. The van der Waals surface area contributed by atoms with Crippen LogP contribution in [0.3, 0.4) is 0 Å². The number of aromatic nitrogens is 3. The average molecular weight is 313 g/mol. The third kappa shape index (κ3) is 5.13. The molecule has 1 atom stereocenters. The number of carbonyl (C=O) groups excluding carboxylic acids is 2. The van der Waals surface area contributed by atoms with Gasteiger partial charge in [0, 0.05) is 13.1 Å². The smallest absolute Gasteiger partial charge is 0.231 e. The number of hydrogen-bond donors (Lipinski definition) is 2. The van der Waals surface area contributed by atoms with E-state index in [0.717, 1.165) is 5.82 Å². The van der Waals surface area contributed by atoms with E-state index >= 15 is 0 Å². The fourth-order valence-corrected chi connectivity index (χ4v) is 2.76. The Balaban J connectivity index is 2.59. The van der Waals surface area contributed by atoms with Gasteiger partial charge in [-0.2, -0.15) is 0 Å². The van der Waals surface area contributed by atoms with Crippen molar-refractivity contribution < 1.29 is 9.59 Å². The first-order valence-electron chi connectivity index (χ1n) is 6.89. The summed E-state index contributed by atoms with van der Waals surface area (Å²) in [4.78, 5) is 23.4. The van der Waals surface area contributed by atoms with Crippen LogP contribution >= 0.6 is 11.8 Å². The Morgan fingerprint density at radius 2 is 2.05 bits per heavy atom. The molecule has 1 rings (SSSR count). The van der Waals surface area contributed by atoms with Gasteiger partial charge in [-0.15, -0.1) is 10.2 Å². The highest BCUT2D eigenvalue weighted by Gasteiger charge is 2.21. The van der Waals surface area contributed by atoms with Crippen LogP contribution in [0.1, 0.15) is 26.6 Å². The van der Waals surface area contributed by atoms with Crippen LogP contribution in [0.5, 0.6) is 0 Å². The maximum atomic E-state index is 11.9. The Hall–Kier alpha value is -1.41. The monoisotopic (exact) mass is 313 g/mol.